The summed E-state index contributed by atoms with van der Waals surface area (Å²) in [6.07, 6.45) is 2.99. The molecule has 0 aliphatic heterocycles. The number of benzene rings is 1. The number of fused-ring (bicyclic) bond motifs is 1. The number of nitrogens with two attached hydrogens (primary N) is 1. The van der Waals surface area contributed by atoms with Gasteiger partial charge in [-0.2, -0.15) is 0 Å². The molecule has 3 rings (SSSR count). The Labute approximate surface area is 119 Å². The van der Waals surface area contributed by atoms with Crippen LogP contribution < -0.4 is 5.73 Å². The molecule has 1 aliphatic carbocycles. The van der Waals surface area contributed by atoms with Crippen molar-refractivity contribution in [2.75, 3.05) is 5.75 Å². The van der Waals surface area contributed by atoms with Crippen LogP contribution in [-0.2, 0) is 0 Å². The fourth-order valence-corrected chi connectivity index (χ4v) is 4.46. The molecule has 4 nitrogen and oxygen atoms in total. The lowest BCUT2D eigenvalue weighted by molar-refractivity contribution is 0.315. The third-order valence-electron chi connectivity index (χ3n) is 3.42. The highest BCUT2D eigenvalue weighted by Crippen LogP contribution is 2.52. The predicted molar refractivity (Wildman–Crippen MR) is 80.0 cm³/mol. The number of nitrogens with zero attached hydrogens (tertiary/aromatic N) is 2. The predicted octanol–water partition coefficient (Wildman–Crippen LogP) is 3.31. The lowest BCUT2D eigenvalue weighted by Crippen LogP contribution is -2.19. The van der Waals surface area contributed by atoms with Crippen molar-refractivity contribution in [3.05, 3.63) is 24.3 Å². The van der Waals surface area contributed by atoms with Gasteiger partial charge in [0.15, 0.2) is 4.34 Å². The molecule has 0 spiro atoms. The van der Waals surface area contributed by atoms with Crippen molar-refractivity contribution < 1.29 is 5.21 Å². The summed E-state index contributed by atoms with van der Waals surface area (Å²) >= 11 is 3.51. The number of thioether (sulfide) groups is 1. The number of hydrogen-bond acceptors (Lipinski definition) is 5. The minimum atomic E-state index is 0.221. The zero-order valence-corrected chi connectivity index (χ0v) is 12.0. The third-order valence-corrected chi connectivity index (χ3v) is 5.95. The van der Waals surface area contributed by atoms with Crippen molar-refractivity contribution in [1.82, 2.24) is 4.98 Å². The molecule has 1 aromatic carbocycles. The Morgan fingerprint density at radius 3 is 2.95 bits per heavy atom. The first-order valence-corrected chi connectivity index (χ1v) is 7.96. The zero-order valence-electron chi connectivity index (χ0n) is 10.4. The summed E-state index contributed by atoms with van der Waals surface area (Å²) in [5, 5.41) is 11.7. The van der Waals surface area contributed by atoms with Crippen LogP contribution in [0.3, 0.4) is 0 Å². The van der Waals surface area contributed by atoms with Gasteiger partial charge in [-0.3, -0.25) is 0 Å². The van der Waals surface area contributed by atoms with Crippen LogP contribution in [-0.4, -0.2) is 21.8 Å². The van der Waals surface area contributed by atoms with Gasteiger partial charge in [0.05, 0.1) is 10.2 Å². The number of para-hydroxylation sites is 1. The van der Waals surface area contributed by atoms with Crippen LogP contribution in [0.5, 0.6) is 0 Å². The van der Waals surface area contributed by atoms with E-state index in [4.69, 9.17) is 10.9 Å². The van der Waals surface area contributed by atoms with Crippen LogP contribution in [0.15, 0.2) is 33.8 Å². The summed E-state index contributed by atoms with van der Waals surface area (Å²) < 4.78 is 2.33. The molecule has 19 heavy (non-hydrogen) atoms. The molecule has 0 radical (unpaired) electrons. The van der Waals surface area contributed by atoms with E-state index in [1.165, 1.54) is 4.70 Å². The van der Waals surface area contributed by atoms with E-state index in [2.05, 4.69) is 16.2 Å². The zero-order chi connectivity index (χ0) is 13.3. The van der Waals surface area contributed by atoms with E-state index in [1.54, 1.807) is 23.1 Å². The molecule has 0 atom stereocenters. The second-order valence-corrected chi connectivity index (χ2v) is 7.26. The molecular weight excluding hydrogens is 278 g/mol. The molecule has 1 aromatic heterocycles. The first-order chi connectivity index (χ1) is 9.21. The standard InChI is InChI=1S/C13H15N3OS2/c14-11(16-17)7-13(5-6-13)8-18-12-15-9-3-1-2-4-10(9)19-12/h1-4,17H,5-8H2,(H2,14,16). The molecule has 1 aliphatic rings. The fraction of sp³-hybridized carbons (Fsp3) is 0.385. The summed E-state index contributed by atoms with van der Waals surface area (Å²) in [6, 6.07) is 8.19. The van der Waals surface area contributed by atoms with Crippen molar-refractivity contribution >= 4 is 39.2 Å². The Morgan fingerprint density at radius 2 is 2.26 bits per heavy atom. The highest BCUT2D eigenvalue weighted by atomic mass is 32.2. The van der Waals surface area contributed by atoms with E-state index < -0.39 is 0 Å². The Bertz CT molecular complexity index is 586. The SMILES string of the molecule is NC(CC1(CSc2nc3ccccc3s2)CC1)=NO. The minimum absolute atomic E-state index is 0.221. The van der Waals surface area contributed by atoms with E-state index >= 15 is 0 Å². The van der Waals surface area contributed by atoms with Crippen LogP contribution in [0.1, 0.15) is 19.3 Å². The maximum atomic E-state index is 8.65. The summed E-state index contributed by atoms with van der Waals surface area (Å²) in [5.41, 5.74) is 6.89. The molecule has 0 saturated heterocycles. The first-order valence-electron chi connectivity index (χ1n) is 6.16. The van der Waals surface area contributed by atoms with Crippen molar-refractivity contribution in [2.24, 2.45) is 16.3 Å². The van der Waals surface area contributed by atoms with Gasteiger partial charge in [0, 0.05) is 12.2 Å². The number of hydrogen-bond donors (Lipinski definition) is 2. The van der Waals surface area contributed by atoms with E-state index in [-0.39, 0.29) is 5.41 Å². The average molecular weight is 293 g/mol. The molecule has 1 heterocycles. The summed E-state index contributed by atoms with van der Waals surface area (Å²) in [5.74, 6) is 1.32. The van der Waals surface area contributed by atoms with Gasteiger partial charge < -0.3 is 10.9 Å². The number of thiazole rings is 1. The van der Waals surface area contributed by atoms with E-state index in [0.29, 0.717) is 12.3 Å². The van der Waals surface area contributed by atoms with Gasteiger partial charge in [0.1, 0.15) is 5.84 Å². The highest BCUT2D eigenvalue weighted by Gasteiger charge is 2.43. The molecular formula is C13H15N3OS2. The Balaban J connectivity index is 1.66. The van der Waals surface area contributed by atoms with Crippen LogP contribution >= 0.6 is 23.1 Å². The minimum Gasteiger partial charge on any atom is -0.409 e. The van der Waals surface area contributed by atoms with E-state index in [0.717, 1.165) is 28.5 Å². The normalized spacial score (nSPS) is 17.8. The van der Waals surface area contributed by atoms with Crippen LogP contribution in [0.25, 0.3) is 10.2 Å². The monoisotopic (exact) mass is 293 g/mol. The van der Waals surface area contributed by atoms with E-state index in [1.807, 2.05) is 18.2 Å². The van der Waals surface area contributed by atoms with Crippen LogP contribution in [0, 0.1) is 5.41 Å². The lowest BCUT2D eigenvalue weighted by atomic mass is 10.1. The van der Waals surface area contributed by atoms with Gasteiger partial charge >= 0.3 is 0 Å². The molecule has 6 heteroatoms. The Hall–Kier alpha value is -1.27. The van der Waals surface area contributed by atoms with Gasteiger partial charge in [0.2, 0.25) is 0 Å². The highest BCUT2D eigenvalue weighted by molar-refractivity contribution is 8.01. The van der Waals surface area contributed by atoms with Gasteiger partial charge in [0.25, 0.3) is 0 Å². The molecule has 100 valence electrons. The Morgan fingerprint density at radius 1 is 1.47 bits per heavy atom. The number of rotatable bonds is 5. The van der Waals surface area contributed by atoms with Crippen molar-refractivity contribution in [3.8, 4) is 0 Å². The van der Waals surface area contributed by atoms with Crippen LogP contribution in [0.2, 0.25) is 0 Å². The first kappa shape index (κ1) is 12.7. The quantitative estimate of drug-likeness (QED) is 0.292. The summed E-state index contributed by atoms with van der Waals surface area (Å²) in [6.45, 7) is 0. The summed E-state index contributed by atoms with van der Waals surface area (Å²) in [4.78, 5) is 4.61. The van der Waals surface area contributed by atoms with Crippen molar-refractivity contribution in [1.29, 1.82) is 0 Å². The molecule has 1 saturated carbocycles. The van der Waals surface area contributed by atoms with Gasteiger partial charge in [-0.15, -0.1) is 11.3 Å². The number of aromatic nitrogens is 1. The van der Waals surface area contributed by atoms with Gasteiger partial charge in [-0.05, 0) is 30.4 Å². The number of amidine groups is 1. The number of oxime groups is 1. The van der Waals surface area contributed by atoms with Crippen molar-refractivity contribution in [3.63, 3.8) is 0 Å². The van der Waals surface area contributed by atoms with Gasteiger partial charge in [-0.1, -0.05) is 29.1 Å². The second-order valence-electron chi connectivity index (χ2n) is 5.00. The maximum Gasteiger partial charge on any atom is 0.151 e. The second kappa shape index (κ2) is 5.02. The van der Waals surface area contributed by atoms with Crippen molar-refractivity contribution in [2.45, 2.75) is 23.6 Å². The molecule has 0 unspecified atom stereocenters. The van der Waals surface area contributed by atoms with E-state index in [9.17, 15) is 0 Å². The molecule has 0 bridgehead atoms. The maximum absolute atomic E-state index is 8.65. The summed E-state index contributed by atoms with van der Waals surface area (Å²) in [7, 11) is 0. The molecule has 2 aromatic rings. The topological polar surface area (TPSA) is 71.5 Å². The lowest BCUT2D eigenvalue weighted by Gasteiger charge is -2.11. The fourth-order valence-electron chi connectivity index (χ4n) is 2.10. The Kier molecular flexibility index (Phi) is 3.36. The smallest absolute Gasteiger partial charge is 0.151 e. The molecule has 1 fully saturated rings. The van der Waals surface area contributed by atoms with Gasteiger partial charge in [-0.25, -0.2) is 4.98 Å². The largest absolute Gasteiger partial charge is 0.409 e. The van der Waals surface area contributed by atoms with Crippen LogP contribution in [0.4, 0.5) is 0 Å². The average Bonchev–Trinajstić information content (AvgIpc) is 3.05. The molecule has 0 amide bonds. The third kappa shape index (κ3) is 2.84. The molecule has 3 N–H and O–H groups in total.